The maximum absolute atomic E-state index is 10.6. The number of aromatic nitrogens is 2. The van der Waals surface area contributed by atoms with Gasteiger partial charge in [0, 0.05) is 0 Å². The molecular weight excluding hydrogens is 220 g/mol. The Bertz CT molecular complexity index is 462. The molecule has 0 bridgehead atoms. The maximum atomic E-state index is 10.6. The molecule has 6 nitrogen and oxygen atoms in total. The van der Waals surface area contributed by atoms with E-state index in [0.717, 1.165) is 19.3 Å². The van der Waals surface area contributed by atoms with Gasteiger partial charge in [0.05, 0.1) is 35.4 Å². The SMILES string of the molecule is CC1CCC(C#N)C(n2ccc([N+](=O)[O-])n2)C1. The van der Waals surface area contributed by atoms with E-state index in [0.29, 0.717) is 5.92 Å². The van der Waals surface area contributed by atoms with Gasteiger partial charge in [-0.25, -0.2) is 0 Å². The third kappa shape index (κ3) is 2.28. The fraction of sp³-hybridized carbons (Fsp3) is 0.636. The topological polar surface area (TPSA) is 84.8 Å². The van der Waals surface area contributed by atoms with Crippen LogP contribution in [0, 0.1) is 33.3 Å². The van der Waals surface area contributed by atoms with E-state index in [9.17, 15) is 10.1 Å². The number of nitrogens with zero attached hydrogens (tertiary/aromatic N) is 4. The zero-order chi connectivity index (χ0) is 12.4. The van der Waals surface area contributed by atoms with Gasteiger partial charge in [-0.15, -0.1) is 0 Å². The van der Waals surface area contributed by atoms with Gasteiger partial charge in [-0.3, -0.25) is 0 Å². The Morgan fingerprint density at radius 1 is 1.65 bits per heavy atom. The lowest BCUT2D eigenvalue weighted by atomic mass is 9.80. The molecule has 3 unspecified atom stereocenters. The Hall–Kier alpha value is -1.90. The van der Waals surface area contributed by atoms with Crippen molar-refractivity contribution in [2.75, 3.05) is 0 Å². The summed E-state index contributed by atoms with van der Waals surface area (Å²) in [4.78, 5) is 10.1. The predicted molar refractivity (Wildman–Crippen MR) is 60.0 cm³/mol. The highest BCUT2D eigenvalue weighted by atomic mass is 16.6. The molecule has 0 N–H and O–H groups in total. The van der Waals surface area contributed by atoms with Gasteiger partial charge in [0.1, 0.15) is 0 Å². The average Bonchev–Trinajstić information content (AvgIpc) is 2.78. The van der Waals surface area contributed by atoms with Crippen molar-refractivity contribution in [1.29, 1.82) is 5.26 Å². The number of hydrogen-bond acceptors (Lipinski definition) is 4. The van der Waals surface area contributed by atoms with Gasteiger partial charge >= 0.3 is 5.82 Å². The highest BCUT2D eigenvalue weighted by molar-refractivity contribution is 5.15. The minimum Gasteiger partial charge on any atom is -0.358 e. The molecule has 90 valence electrons. The van der Waals surface area contributed by atoms with Crippen LogP contribution in [0.2, 0.25) is 0 Å². The number of nitro groups is 1. The van der Waals surface area contributed by atoms with Gasteiger partial charge in [-0.05, 0) is 30.1 Å². The van der Waals surface area contributed by atoms with Gasteiger partial charge in [-0.2, -0.15) is 9.94 Å². The molecule has 1 aromatic rings. The van der Waals surface area contributed by atoms with Crippen molar-refractivity contribution in [3.8, 4) is 6.07 Å². The van der Waals surface area contributed by atoms with E-state index in [-0.39, 0.29) is 17.8 Å². The number of hydrogen-bond donors (Lipinski definition) is 0. The monoisotopic (exact) mass is 234 g/mol. The van der Waals surface area contributed by atoms with E-state index in [4.69, 9.17) is 5.26 Å². The van der Waals surface area contributed by atoms with Crippen LogP contribution < -0.4 is 0 Å². The predicted octanol–water partition coefficient (Wildman–Crippen LogP) is 2.29. The lowest BCUT2D eigenvalue weighted by Crippen LogP contribution is -2.26. The van der Waals surface area contributed by atoms with Crippen molar-refractivity contribution in [2.45, 2.75) is 32.2 Å². The number of rotatable bonds is 2. The smallest absolute Gasteiger partial charge is 0.358 e. The summed E-state index contributed by atoms with van der Waals surface area (Å²) >= 11 is 0. The van der Waals surface area contributed by atoms with Crippen molar-refractivity contribution in [1.82, 2.24) is 9.78 Å². The zero-order valence-electron chi connectivity index (χ0n) is 9.61. The Balaban J connectivity index is 2.23. The molecule has 0 amide bonds. The van der Waals surface area contributed by atoms with Crippen LogP contribution in [0.1, 0.15) is 32.2 Å². The van der Waals surface area contributed by atoms with Crippen LogP contribution in [0.4, 0.5) is 5.82 Å². The Morgan fingerprint density at radius 3 is 3.00 bits per heavy atom. The third-order valence-electron chi connectivity index (χ3n) is 3.37. The average molecular weight is 234 g/mol. The van der Waals surface area contributed by atoms with Crippen LogP contribution in [0.5, 0.6) is 0 Å². The second kappa shape index (κ2) is 4.53. The standard InChI is InChI=1S/C11H14N4O2/c1-8-2-3-9(7-12)10(6-8)14-5-4-11(13-14)15(16)17/h4-5,8-10H,2-3,6H2,1H3. The summed E-state index contributed by atoms with van der Waals surface area (Å²) in [6.07, 6.45) is 4.34. The van der Waals surface area contributed by atoms with Crippen LogP contribution in [-0.2, 0) is 0 Å². The van der Waals surface area contributed by atoms with Gasteiger partial charge in [0.2, 0.25) is 0 Å². The fourth-order valence-electron chi connectivity index (χ4n) is 2.40. The van der Waals surface area contributed by atoms with Gasteiger partial charge in [0.15, 0.2) is 0 Å². The second-order valence-corrected chi connectivity index (χ2v) is 4.63. The van der Waals surface area contributed by atoms with E-state index >= 15 is 0 Å². The first-order chi connectivity index (χ1) is 8.11. The first-order valence-corrected chi connectivity index (χ1v) is 5.71. The molecular formula is C11H14N4O2. The van der Waals surface area contributed by atoms with Crippen molar-refractivity contribution >= 4 is 5.82 Å². The van der Waals surface area contributed by atoms with Gasteiger partial charge in [0.25, 0.3) is 0 Å². The highest BCUT2D eigenvalue weighted by Crippen LogP contribution is 2.36. The minimum absolute atomic E-state index is 0.0301. The second-order valence-electron chi connectivity index (χ2n) is 4.63. The lowest BCUT2D eigenvalue weighted by molar-refractivity contribution is -0.389. The Morgan fingerprint density at radius 2 is 2.41 bits per heavy atom. The van der Waals surface area contributed by atoms with E-state index in [1.165, 1.54) is 6.07 Å². The summed E-state index contributed by atoms with van der Waals surface area (Å²) in [5, 5.41) is 23.6. The van der Waals surface area contributed by atoms with Crippen LogP contribution in [0.3, 0.4) is 0 Å². The van der Waals surface area contributed by atoms with Crippen molar-refractivity contribution < 1.29 is 4.92 Å². The van der Waals surface area contributed by atoms with Crippen molar-refractivity contribution in [3.05, 3.63) is 22.4 Å². The van der Waals surface area contributed by atoms with Crippen LogP contribution in [-0.4, -0.2) is 14.7 Å². The minimum atomic E-state index is -0.510. The summed E-state index contributed by atoms with van der Waals surface area (Å²) < 4.78 is 1.58. The van der Waals surface area contributed by atoms with E-state index in [1.807, 2.05) is 0 Å². The van der Waals surface area contributed by atoms with Crippen LogP contribution >= 0.6 is 0 Å². The Kier molecular flexibility index (Phi) is 3.09. The molecule has 0 saturated heterocycles. The summed E-state index contributed by atoms with van der Waals surface area (Å²) in [5.41, 5.74) is 0. The molecule has 17 heavy (non-hydrogen) atoms. The number of nitriles is 1. The van der Waals surface area contributed by atoms with Crippen molar-refractivity contribution in [2.24, 2.45) is 11.8 Å². The van der Waals surface area contributed by atoms with E-state index in [1.54, 1.807) is 10.9 Å². The first-order valence-electron chi connectivity index (χ1n) is 5.71. The molecule has 1 aromatic heterocycles. The first kappa shape index (κ1) is 11.6. The molecule has 1 heterocycles. The summed E-state index contributed by atoms with van der Waals surface area (Å²) in [6, 6.07) is 3.63. The Labute approximate surface area is 99.0 Å². The summed E-state index contributed by atoms with van der Waals surface area (Å²) in [5.74, 6) is 0.290. The fourth-order valence-corrected chi connectivity index (χ4v) is 2.40. The lowest BCUT2D eigenvalue weighted by Gasteiger charge is -2.29. The molecule has 1 fully saturated rings. The molecule has 1 aliphatic rings. The largest absolute Gasteiger partial charge is 0.389 e. The van der Waals surface area contributed by atoms with E-state index in [2.05, 4.69) is 18.1 Å². The van der Waals surface area contributed by atoms with Gasteiger partial charge in [-0.1, -0.05) is 6.92 Å². The third-order valence-corrected chi connectivity index (χ3v) is 3.37. The highest BCUT2D eigenvalue weighted by Gasteiger charge is 2.32. The molecule has 1 aliphatic carbocycles. The van der Waals surface area contributed by atoms with Crippen molar-refractivity contribution in [3.63, 3.8) is 0 Å². The zero-order valence-corrected chi connectivity index (χ0v) is 9.61. The molecule has 3 atom stereocenters. The molecule has 0 spiro atoms. The van der Waals surface area contributed by atoms with Crippen LogP contribution in [0.25, 0.3) is 0 Å². The van der Waals surface area contributed by atoms with Crippen LogP contribution in [0.15, 0.2) is 12.3 Å². The molecule has 0 aliphatic heterocycles. The maximum Gasteiger partial charge on any atom is 0.389 e. The molecule has 6 heteroatoms. The molecule has 0 radical (unpaired) electrons. The summed E-state index contributed by atoms with van der Waals surface area (Å²) in [6.45, 7) is 2.14. The molecule has 0 aromatic carbocycles. The van der Waals surface area contributed by atoms with Gasteiger partial charge < -0.3 is 10.1 Å². The molecule has 2 rings (SSSR count). The molecule has 1 saturated carbocycles. The van der Waals surface area contributed by atoms with E-state index < -0.39 is 4.92 Å². The summed E-state index contributed by atoms with van der Waals surface area (Å²) in [7, 11) is 0. The quantitative estimate of drug-likeness (QED) is 0.580. The normalized spacial score (nSPS) is 28.6.